The van der Waals surface area contributed by atoms with Gasteiger partial charge in [0.15, 0.2) is 5.82 Å². The number of carboxylic acid groups (broad SMARTS) is 1. The van der Waals surface area contributed by atoms with Gasteiger partial charge in [-0.25, -0.2) is 14.8 Å². The molecule has 1 fully saturated rings. The average Bonchev–Trinajstić information content (AvgIpc) is 3.40. The number of aryl methyl sites for hydroxylation is 1. The van der Waals surface area contributed by atoms with Crippen LogP contribution in [0.3, 0.4) is 0 Å². The first-order valence-electron chi connectivity index (χ1n) is 12.1. The molecule has 0 spiro atoms. The standard InChI is InChI=1S/C24H24N6.C3H7NO2/c1-17-10-20(14-27-29-17)18-6-5-7-19(11-18)24-25-12-21(13-26-24)22-15-28-30(16-22)23-8-3-2-4-9-23;1-4(2)3(5)6/h5-7,10-16,23H,2-4,8-9H2,1H3;1-2H3,(H,5,6). The molecule has 0 saturated heterocycles. The van der Waals surface area contributed by atoms with Gasteiger partial charge in [-0.1, -0.05) is 37.5 Å². The van der Waals surface area contributed by atoms with Gasteiger partial charge in [-0.2, -0.15) is 15.3 Å². The summed E-state index contributed by atoms with van der Waals surface area (Å²) in [4.78, 5) is 20.0. The van der Waals surface area contributed by atoms with E-state index >= 15 is 0 Å². The Hall–Kier alpha value is -4.14. The van der Waals surface area contributed by atoms with E-state index in [9.17, 15) is 4.79 Å². The number of carbonyl (C=O) groups is 1. The van der Waals surface area contributed by atoms with Gasteiger partial charge in [0.1, 0.15) is 0 Å². The van der Waals surface area contributed by atoms with Crippen LogP contribution in [-0.4, -0.2) is 60.1 Å². The predicted molar refractivity (Wildman–Crippen MR) is 138 cm³/mol. The maximum absolute atomic E-state index is 9.62. The molecule has 1 N–H and O–H groups in total. The molecule has 186 valence electrons. The highest BCUT2D eigenvalue weighted by Crippen LogP contribution is 2.29. The molecule has 1 aromatic carbocycles. The molecule has 9 heteroatoms. The fraction of sp³-hybridized carbons (Fsp3) is 0.333. The summed E-state index contributed by atoms with van der Waals surface area (Å²) in [6, 6.07) is 10.8. The highest BCUT2D eigenvalue weighted by molar-refractivity contribution is 5.70. The highest BCUT2D eigenvalue weighted by Gasteiger charge is 2.16. The summed E-state index contributed by atoms with van der Waals surface area (Å²) >= 11 is 0. The van der Waals surface area contributed by atoms with E-state index in [-0.39, 0.29) is 0 Å². The first-order chi connectivity index (χ1) is 17.4. The van der Waals surface area contributed by atoms with Gasteiger partial charge in [-0.15, -0.1) is 0 Å². The van der Waals surface area contributed by atoms with Crippen LogP contribution in [0, 0.1) is 6.92 Å². The zero-order valence-corrected chi connectivity index (χ0v) is 20.9. The molecule has 4 aromatic rings. The zero-order valence-electron chi connectivity index (χ0n) is 20.9. The smallest absolute Gasteiger partial charge is 0.406 e. The molecule has 1 aliphatic rings. The molecule has 36 heavy (non-hydrogen) atoms. The van der Waals surface area contributed by atoms with Gasteiger partial charge in [0.2, 0.25) is 0 Å². The Kier molecular flexibility index (Phi) is 7.99. The number of hydrogen-bond donors (Lipinski definition) is 1. The lowest BCUT2D eigenvalue weighted by atomic mass is 9.96. The predicted octanol–water partition coefficient (Wildman–Crippen LogP) is 5.50. The van der Waals surface area contributed by atoms with Crippen LogP contribution in [0.1, 0.15) is 43.8 Å². The molecule has 3 aromatic heterocycles. The Morgan fingerprint density at radius 1 is 0.917 bits per heavy atom. The molecule has 1 amide bonds. The van der Waals surface area contributed by atoms with Gasteiger partial charge in [0.25, 0.3) is 0 Å². The van der Waals surface area contributed by atoms with Crippen LogP contribution in [0.5, 0.6) is 0 Å². The number of nitrogens with zero attached hydrogens (tertiary/aromatic N) is 7. The Morgan fingerprint density at radius 3 is 2.28 bits per heavy atom. The van der Waals surface area contributed by atoms with Crippen LogP contribution >= 0.6 is 0 Å². The lowest BCUT2D eigenvalue weighted by molar-refractivity contribution is 0.165. The molecule has 1 aliphatic carbocycles. The molecule has 0 atom stereocenters. The van der Waals surface area contributed by atoms with Gasteiger partial charge < -0.3 is 10.0 Å². The summed E-state index contributed by atoms with van der Waals surface area (Å²) in [5, 5.41) is 20.6. The highest BCUT2D eigenvalue weighted by atomic mass is 16.4. The summed E-state index contributed by atoms with van der Waals surface area (Å²) in [6.45, 7) is 1.94. The van der Waals surface area contributed by atoms with E-state index in [2.05, 4.69) is 48.3 Å². The zero-order chi connectivity index (χ0) is 25.5. The minimum Gasteiger partial charge on any atom is -0.465 e. The van der Waals surface area contributed by atoms with E-state index in [4.69, 9.17) is 5.11 Å². The topological polar surface area (TPSA) is 110 Å². The fourth-order valence-electron chi connectivity index (χ4n) is 4.13. The summed E-state index contributed by atoms with van der Waals surface area (Å²) in [7, 11) is 2.95. The first-order valence-corrected chi connectivity index (χ1v) is 12.1. The van der Waals surface area contributed by atoms with Crippen molar-refractivity contribution in [3.63, 3.8) is 0 Å². The largest absolute Gasteiger partial charge is 0.465 e. The van der Waals surface area contributed by atoms with Crippen molar-refractivity contribution in [1.82, 2.24) is 34.8 Å². The summed E-state index contributed by atoms with van der Waals surface area (Å²) < 4.78 is 2.12. The molecule has 9 nitrogen and oxygen atoms in total. The van der Waals surface area contributed by atoms with Crippen LogP contribution in [0.15, 0.2) is 61.3 Å². The van der Waals surface area contributed by atoms with Crippen LogP contribution in [0.25, 0.3) is 33.6 Å². The van der Waals surface area contributed by atoms with Crippen LogP contribution < -0.4 is 0 Å². The second kappa shape index (κ2) is 11.5. The van der Waals surface area contributed by atoms with Crippen molar-refractivity contribution in [2.24, 2.45) is 0 Å². The quantitative estimate of drug-likeness (QED) is 0.406. The molecule has 3 heterocycles. The number of hydrogen-bond acceptors (Lipinski definition) is 6. The van der Waals surface area contributed by atoms with Crippen molar-refractivity contribution in [2.75, 3.05) is 14.1 Å². The maximum Gasteiger partial charge on any atom is 0.406 e. The monoisotopic (exact) mass is 485 g/mol. The third-order valence-electron chi connectivity index (χ3n) is 6.15. The van der Waals surface area contributed by atoms with Crippen molar-refractivity contribution in [1.29, 1.82) is 0 Å². The minimum atomic E-state index is -0.907. The molecule has 0 radical (unpaired) electrons. The van der Waals surface area contributed by atoms with Gasteiger partial charge in [0, 0.05) is 54.9 Å². The third kappa shape index (κ3) is 6.29. The van der Waals surface area contributed by atoms with E-state index in [1.807, 2.05) is 43.7 Å². The van der Waals surface area contributed by atoms with E-state index in [1.54, 1.807) is 6.20 Å². The van der Waals surface area contributed by atoms with E-state index in [0.29, 0.717) is 11.9 Å². The second-order valence-corrected chi connectivity index (χ2v) is 9.14. The van der Waals surface area contributed by atoms with E-state index in [0.717, 1.165) is 38.4 Å². The van der Waals surface area contributed by atoms with Gasteiger partial charge in [-0.3, -0.25) is 4.68 Å². The Balaban J connectivity index is 0.000000455. The van der Waals surface area contributed by atoms with Crippen molar-refractivity contribution in [3.8, 4) is 33.6 Å². The second-order valence-electron chi connectivity index (χ2n) is 9.14. The van der Waals surface area contributed by atoms with Crippen LogP contribution in [0.4, 0.5) is 4.79 Å². The Labute approximate surface area is 210 Å². The SMILES string of the molecule is CN(C)C(=O)O.Cc1cc(-c2cccc(-c3ncc(-c4cnn(C5CCCCC5)c4)cn3)c2)cnn1. The van der Waals surface area contributed by atoms with Gasteiger partial charge >= 0.3 is 6.09 Å². The van der Waals surface area contributed by atoms with Crippen LogP contribution in [0.2, 0.25) is 0 Å². The number of rotatable bonds is 4. The van der Waals surface area contributed by atoms with E-state index < -0.39 is 6.09 Å². The Morgan fingerprint density at radius 2 is 1.61 bits per heavy atom. The molecule has 0 aliphatic heterocycles. The normalized spacial score (nSPS) is 13.5. The van der Waals surface area contributed by atoms with Crippen molar-refractivity contribution >= 4 is 6.09 Å². The fourth-order valence-corrected chi connectivity index (χ4v) is 4.13. The molecule has 0 bridgehead atoms. The summed E-state index contributed by atoms with van der Waals surface area (Å²) in [5.41, 5.74) is 6.05. The van der Waals surface area contributed by atoms with Gasteiger partial charge in [0.05, 0.1) is 24.1 Å². The van der Waals surface area contributed by atoms with Gasteiger partial charge in [-0.05, 0) is 37.5 Å². The summed E-state index contributed by atoms with van der Waals surface area (Å²) in [6.07, 6.45) is 15.1. The minimum absolute atomic E-state index is 0.529. The molecular formula is C27H31N7O2. The molecular weight excluding hydrogens is 454 g/mol. The number of amides is 1. The lowest BCUT2D eigenvalue weighted by Gasteiger charge is -2.21. The number of benzene rings is 1. The molecule has 1 saturated carbocycles. The van der Waals surface area contributed by atoms with Crippen molar-refractivity contribution in [2.45, 2.75) is 45.1 Å². The number of aromatic nitrogens is 6. The maximum atomic E-state index is 9.62. The lowest BCUT2D eigenvalue weighted by Crippen LogP contribution is -2.18. The first kappa shape index (κ1) is 25.0. The van der Waals surface area contributed by atoms with Crippen LogP contribution in [-0.2, 0) is 0 Å². The van der Waals surface area contributed by atoms with E-state index in [1.165, 1.54) is 46.2 Å². The third-order valence-corrected chi connectivity index (χ3v) is 6.15. The van der Waals surface area contributed by atoms with Crippen molar-refractivity contribution in [3.05, 3.63) is 67.0 Å². The molecule has 5 rings (SSSR count). The Bertz CT molecular complexity index is 1300. The summed E-state index contributed by atoms with van der Waals surface area (Å²) in [5.74, 6) is 0.707. The molecule has 0 unspecified atom stereocenters. The van der Waals surface area contributed by atoms with Crippen molar-refractivity contribution < 1.29 is 9.90 Å². The average molecular weight is 486 g/mol.